The topological polar surface area (TPSA) is 71.3 Å². The Bertz CT molecular complexity index is 489. The van der Waals surface area contributed by atoms with Crippen molar-refractivity contribution in [2.45, 2.75) is 24.9 Å². The zero-order chi connectivity index (χ0) is 12.5. The van der Waals surface area contributed by atoms with Gasteiger partial charge in [0.2, 0.25) is 5.09 Å². The summed E-state index contributed by atoms with van der Waals surface area (Å²) in [5, 5.41) is 3.09. The second kappa shape index (κ2) is 4.44. The SMILES string of the molecule is CNCC1(CNS(=O)(=O)c2ccc(C)o2)CC1. The van der Waals surface area contributed by atoms with Crippen molar-refractivity contribution in [1.82, 2.24) is 10.0 Å². The molecule has 0 saturated heterocycles. The number of aryl methyl sites for hydroxylation is 1. The summed E-state index contributed by atoms with van der Waals surface area (Å²) in [4.78, 5) is 0. The van der Waals surface area contributed by atoms with Crippen LogP contribution in [0.2, 0.25) is 0 Å². The first-order valence-electron chi connectivity index (χ1n) is 5.68. The van der Waals surface area contributed by atoms with Crippen molar-refractivity contribution in [1.29, 1.82) is 0 Å². The maximum absolute atomic E-state index is 11.9. The van der Waals surface area contributed by atoms with Gasteiger partial charge in [0.15, 0.2) is 0 Å². The number of hydrogen-bond acceptors (Lipinski definition) is 4. The standard InChI is InChI=1S/C11H18N2O3S/c1-9-3-4-10(16-9)17(14,15)13-8-11(5-6-11)7-12-2/h3-4,12-13H,5-8H2,1-2H3. The minimum absolute atomic E-state index is 0.00439. The molecule has 2 rings (SSSR count). The first-order chi connectivity index (χ1) is 7.97. The van der Waals surface area contributed by atoms with Crippen molar-refractivity contribution in [3.05, 3.63) is 17.9 Å². The van der Waals surface area contributed by atoms with E-state index in [0.717, 1.165) is 19.4 Å². The lowest BCUT2D eigenvalue weighted by atomic mass is 10.1. The monoisotopic (exact) mass is 258 g/mol. The molecule has 0 aliphatic heterocycles. The van der Waals surface area contributed by atoms with Gasteiger partial charge in [0.1, 0.15) is 5.76 Å². The van der Waals surface area contributed by atoms with E-state index in [0.29, 0.717) is 12.3 Å². The summed E-state index contributed by atoms with van der Waals surface area (Å²) in [6, 6.07) is 3.13. The first kappa shape index (κ1) is 12.6. The third-order valence-corrected chi connectivity index (χ3v) is 4.40. The van der Waals surface area contributed by atoms with E-state index in [2.05, 4.69) is 10.0 Å². The number of nitrogens with one attached hydrogen (secondary N) is 2. The molecule has 1 saturated carbocycles. The molecule has 1 aromatic rings. The fraction of sp³-hybridized carbons (Fsp3) is 0.636. The minimum atomic E-state index is -3.50. The number of furan rings is 1. The lowest BCUT2D eigenvalue weighted by molar-refractivity contribution is 0.417. The molecule has 0 atom stereocenters. The molecule has 0 aromatic carbocycles. The third-order valence-electron chi connectivity index (χ3n) is 3.13. The summed E-state index contributed by atoms with van der Waals surface area (Å²) >= 11 is 0. The largest absolute Gasteiger partial charge is 0.449 e. The summed E-state index contributed by atoms with van der Waals surface area (Å²) in [5.41, 5.74) is 0.101. The molecule has 5 nitrogen and oxygen atoms in total. The van der Waals surface area contributed by atoms with Crippen LogP contribution in [0.25, 0.3) is 0 Å². The molecule has 0 amide bonds. The van der Waals surface area contributed by atoms with Gasteiger partial charge in [-0.25, -0.2) is 13.1 Å². The fourth-order valence-corrected chi connectivity index (χ4v) is 2.97. The van der Waals surface area contributed by atoms with Crippen LogP contribution in [0, 0.1) is 12.3 Å². The van der Waals surface area contributed by atoms with Crippen LogP contribution in [0.3, 0.4) is 0 Å². The summed E-state index contributed by atoms with van der Waals surface area (Å²) < 4.78 is 31.5. The van der Waals surface area contributed by atoms with Gasteiger partial charge in [0.25, 0.3) is 10.0 Å². The van der Waals surface area contributed by atoms with Gasteiger partial charge in [-0.15, -0.1) is 0 Å². The predicted octanol–water partition coefficient (Wildman–Crippen LogP) is 0.866. The van der Waals surface area contributed by atoms with Gasteiger partial charge < -0.3 is 9.73 Å². The zero-order valence-corrected chi connectivity index (χ0v) is 10.9. The van der Waals surface area contributed by atoms with Gasteiger partial charge >= 0.3 is 0 Å². The molecular weight excluding hydrogens is 240 g/mol. The Morgan fingerprint density at radius 3 is 2.53 bits per heavy atom. The Kier molecular flexibility index (Phi) is 3.29. The van der Waals surface area contributed by atoms with Crippen LogP contribution < -0.4 is 10.0 Å². The Morgan fingerprint density at radius 2 is 2.06 bits per heavy atom. The smallest absolute Gasteiger partial charge is 0.273 e. The molecule has 0 radical (unpaired) electrons. The lowest BCUT2D eigenvalue weighted by Gasteiger charge is -2.14. The van der Waals surface area contributed by atoms with Crippen molar-refractivity contribution < 1.29 is 12.8 Å². The minimum Gasteiger partial charge on any atom is -0.449 e. The van der Waals surface area contributed by atoms with E-state index in [-0.39, 0.29) is 10.5 Å². The highest BCUT2D eigenvalue weighted by Gasteiger charge is 2.42. The van der Waals surface area contributed by atoms with Crippen LogP contribution in [0.1, 0.15) is 18.6 Å². The van der Waals surface area contributed by atoms with Gasteiger partial charge in [0.05, 0.1) is 0 Å². The van der Waals surface area contributed by atoms with Crippen molar-refractivity contribution in [2.75, 3.05) is 20.1 Å². The Labute approximate surface area is 102 Å². The summed E-state index contributed by atoms with van der Waals surface area (Å²) in [6.45, 7) is 3.03. The van der Waals surface area contributed by atoms with E-state index in [1.54, 1.807) is 13.0 Å². The number of hydrogen-bond donors (Lipinski definition) is 2. The van der Waals surface area contributed by atoms with Crippen molar-refractivity contribution in [3.8, 4) is 0 Å². The maximum Gasteiger partial charge on any atom is 0.273 e. The van der Waals surface area contributed by atoms with Crippen LogP contribution in [0.5, 0.6) is 0 Å². The average Bonchev–Trinajstić information content (AvgIpc) is 2.89. The predicted molar refractivity (Wildman–Crippen MR) is 64.2 cm³/mol. The fourth-order valence-electron chi connectivity index (χ4n) is 1.84. The molecule has 17 heavy (non-hydrogen) atoms. The van der Waals surface area contributed by atoms with Crippen molar-refractivity contribution in [3.63, 3.8) is 0 Å². The van der Waals surface area contributed by atoms with Crippen LogP contribution >= 0.6 is 0 Å². The van der Waals surface area contributed by atoms with Gasteiger partial charge in [-0.05, 0) is 44.4 Å². The van der Waals surface area contributed by atoms with E-state index < -0.39 is 10.0 Å². The number of rotatable bonds is 6. The Morgan fingerprint density at radius 1 is 1.35 bits per heavy atom. The lowest BCUT2D eigenvalue weighted by Crippen LogP contribution is -2.34. The normalized spacial score (nSPS) is 18.2. The third kappa shape index (κ3) is 2.88. The molecule has 6 heteroatoms. The highest BCUT2D eigenvalue weighted by Crippen LogP contribution is 2.44. The first-order valence-corrected chi connectivity index (χ1v) is 7.16. The molecule has 0 spiro atoms. The molecule has 1 aliphatic rings. The second-order valence-corrected chi connectivity index (χ2v) is 6.42. The maximum atomic E-state index is 11.9. The molecular formula is C11H18N2O3S. The molecule has 2 N–H and O–H groups in total. The van der Waals surface area contributed by atoms with Crippen molar-refractivity contribution >= 4 is 10.0 Å². The van der Waals surface area contributed by atoms with E-state index in [4.69, 9.17) is 4.42 Å². The van der Waals surface area contributed by atoms with Gasteiger partial charge in [0, 0.05) is 13.1 Å². The van der Waals surface area contributed by atoms with Crippen LogP contribution in [-0.2, 0) is 10.0 Å². The molecule has 1 fully saturated rings. The Balaban J connectivity index is 1.99. The summed E-state index contributed by atoms with van der Waals surface area (Å²) in [5.74, 6) is 0.599. The van der Waals surface area contributed by atoms with E-state index in [1.165, 1.54) is 6.07 Å². The molecule has 0 unspecified atom stereocenters. The second-order valence-electron chi connectivity index (χ2n) is 4.72. The quantitative estimate of drug-likeness (QED) is 0.794. The summed E-state index contributed by atoms with van der Waals surface area (Å²) in [6.07, 6.45) is 2.13. The van der Waals surface area contributed by atoms with Crippen LogP contribution in [0.4, 0.5) is 0 Å². The van der Waals surface area contributed by atoms with Crippen LogP contribution in [0.15, 0.2) is 21.6 Å². The number of sulfonamides is 1. The highest BCUT2D eigenvalue weighted by atomic mass is 32.2. The molecule has 0 bridgehead atoms. The van der Waals surface area contributed by atoms with E-state index >= 15 is 0 Å². The van der Waals surface area contributed by atoms with Crippen LogP contribution in [-0.4, -0.2) is 28.6 Å². The zero-order valence-electron chi connectivity index (χ0n) is 10.1. The Hall–Kier alpha value is -0.850. The molecule has 1 aromatic heterocycles. The molecule has 1 aliphatic carbocycles. The highest BCUT2D eigenvalue weighted by molar-refractivity contribution is 7.89. The van der Waals surface area contributed by atoms with Gasteiger partial charge in [-0.2, -0.15) is 0 Å². The van der Waals surface area contributed by atoms with Gasteiger partial charge in [-0.3, -0.25) is 0 Å². The summed E-state index contributed by atoms with van der Waals surface area (Å²) in [7, 11) is -1.62. The molecule has 1 heterocycles. The van der Waals surface area contributed by atoms with Crippen molar-refractivity contribution in [2.24, 2.45) is 5.41 Å². The average molecular weight is 258 g/mol. The van der Waals surface area contributed by atoms with E-state index in [9.17, 15) is 8.42 Å². The van der Waals surface area contributed by atoms with Gasteiger partial charge in [-0.1, -0.05) is 0 Å². The van der Waals surface area contributed by atoms with E-state index in [1.807, 2.05) is 7.05 Å². The molecule has 96 valence electrons.